The van der Waals surface area contributed by atoms with Crippen molar-refractivity contribution in [1.82, 2.24) is 9.88 Å². The molecule has 1 aromatic heterocycles. The molecule has 0 aliphatic carbocycles. The quantitative estimate of drug-likeness (QED) is 0.263. The van der Waals surface area contributed by atoms with Crippen molar-refractivity contribution in [3.63, 3.8) is 0 Å². The van der Waals surface area contributed by atoms with Crippen LogP contribution in [0.4, 0.5) is 5.69 Å². The molecule has 3 aromatic carbocycles. The number of nitrogens with zero attached hydrogens (tertiary/aromatic N) is 4. The summed E-state index contributed by atoms with van der Waals surface area (Å²) in [4.78, 5) is 21.7. The molecule has 3 atom stereocenters. The van der Waals surface area contributed by atoms with E-state index in [-0.39, 0.29) is 28.1 Å². The lowest BCUT2D eigenvalue weighted by atomic mass is 9.79. The Balaban J connectivity index is 1.67. The molecular weight excluding hydrogens is 606 g/mol. The molecule has 2 N–H and O–H groups in total. The van der Waals surface area contributed by atoms with Gasteiger partial charge in [0.05, 0.1) is 48.7 Å². The number of carbonyl (C=O) groups is 1. The van der Waals surface area contributed by atoms with Crippen LogP contribution >= 0.6 is 0 Å². The van der Waals surface area contributed by atoms with E-state index in [1.54, 1.807) is 24.4 Å². The zero-order valence-corrected chi connectivity index (χ0v) is 26.8. The van der Waals surface area contributed by atoms with Crippen molar-refractivity contribution in [1.29, 1.82) is 5.26 Å². The van der Waals surface area contributed by atoms with Gasteiger partial charge in [0.2, 0.25) is 5.89 Å². The number of nitriles is 1. The second-order valence-corrected chi connectivity index (χ2v) is 13.5. The summed E-state index contributed by atoms with van der Waals surface area (Å²) in [6, 6.07) is 17.3. The Bertz CT molecular complexity index is 1920. The van der Waals surface area contributed by atoms with Gasteiger partial charge < -0.3 is 19.6 Å². The first kappa shape index (κ1) is 31.3. The fourth-order valence-electron chi connectivity index (χ4n) is 6.65. The number of anilines is 1. The second kappa shape index (κ2) is 11.9. The number of rotatable bonds is 9. The molecule has 2 unspecified atom stereocenters. The number of ether oxygens (including phenoxy) is 2. The summed E-state index contributed by atoms with van der Waals surface area (Å²) in [6.07, 6.45) is 4.30. The molecule has 0 radical (unpaired) electrons. The Labute approximate surface area is 268 Å². The van der Waals surface area contributed by atoms with Crippen LogP contribution in [0.5, 0.6) is 11.5 Å². The maximum Gasteiger partial charge on any atom is 0.271 e. The van der Waals surface area contributed by atoms with Crippen molar-refractivity contribution in [2.45, 2.75) is 49.2 Å². The van der Waals surface area contributed by atoms with Gasteiger partial charge in [-0.15, -0.1) is 0 Å². The van der Waals surface area contributed by atoms with Gasteiger partial charge in [-0.1, -0.05) is 26.0 Å². The molecule has 12 heteroatoms. The zero-order chi connectivity index (χ0) is 32.8. The predicted octanol–water partition coefficient (Wildman–Crippen LogP) is 5.04. The molecule has 1 amide bonds. The number of benzene rings is 3. The molecule has 1 saturated heterocycles. The highest BCUT2D eigenvalue weighted by Gasteiger charge is 2.62. The SMILES string of the molecule is COc1ccc(S(=O)(=O)N2C(=O)C(c3ccc(C(N)C(C)C)cc3OC)(N3CCC[C@H]3c3ncco3)c3cc(C#N)ccc32)cc1. The van der Waals surface area contributed by atoms with Crippen molar-refractivity contribution in [2.75, 3.05) is 25.1 Å². The minimum atomic E-state index is -4.46. The van der Waals surface area contributed by atoms with E-state index < -0.39 is 27.5 Å². The summed E-state index contributed by atoms with van der Waals surface area (Å²) in [7, 11) is -1.47. The Morgan fingerprint density at radius 2 is 1.83 bits per heavy atom. The minimum Gasteiger partial charge on any atom is -0.497 e. The molecule has 1 fully saturated rings. The average Bonchev–Trinajstić information content (AvgIpc) is 3.82. The van der Waals surface area contributed by atoms with Gasteiger partial charge in [-0.25, -0.2) is 17.7 Å². The van der Waals surface area contributed by atoms with Gasteiger partial charge >= 0.3 is 0 Å². The van der Waals surface area contributed by atoms with Crippen LogP contribution in [0.3, 0.4) is 0 Å². The van der Waals surface area contributed by atoms with Gasteiger partial charge in [-0.05, 0) is 72.9 Å². The summed E-state index contributed by atoms with van der Waals surface area (Å²) in [5.74, 6) is 0.615. The van der Waals surface area contributed by atoms with Crippen LogP contribution in [-0.2, 0) is 20.4 Å². The van der Waals surface area contributed by atoms with Crippen LogP contribution in [0.1, 0.15) is 66.9 Å². The Hall–Kier alpha value is -4.70. The highest BCUT2D eigenvalue weighted by atomic mass is 32.2. The Kier molecular flexibility index (Phi) is 8.10. The minimum absolute atomic E-state index is 0.0938. The molecule has 238 valence electrons. The second-order valence-electron chi connectivity index (χ2n) is 11.8. The molecule has 0 saturated carbocycles. The molecule has 11 nitrogen and oxygen atoms in total. The monoisotopic (exact) mass is 641 g/mol. The number of methoxy groups -OCH3 is 2. The maximum atomic E-state index is 15.4. The van der Waals surface area contributed by atoms with Crippen molar-refractivity contribution in [3.05, 3.63) is 101 Å². The van der Waals surface area contributed by atoms with Crippen LogP contribution in [0.25, 0.3) is 0 Å². The topological polar surface area (TPSA) is 152 Å². The first-order chi connectivity index (χ1) is 22.1. The van der Waals surface area contributed by atoms with Crippen LogP contribution in [0.2, 0.25) is 0 Å². The summed E-state index contributed by atoms with van der Waals surface area (Å²) in [6.45, 7) is 4.43. The van der Waals surface area contributed by atoms with E-state index in [0.717, 1.165) is 9.87 Å². The van der Waals surface area contributed by atoms with Gasteiger partial charge in [-0.2, -0.15) is 5.26 Å². The van der Waals surface area contributed by atoms with E-state index in [4.69, 9.17) is 19.6 Å². The average molecular weight is 642 g/mol. The fourth-order valence-corrected chi connectivity index (χ4v) is 8.11. The van der Waals surface area contributed by atoms with Crippen LogP contribution < -0.4 is 19.5 Å². The number of fused-ring (bicyclic) bond motifs is 1. The third kappa shape index (κ3) is 4.74. The van der Waals surface area contributed by atoms with Crippen LogP contribution in [0.15, 0.2) is 82.4 Å². The number of oxazole rings is 1. The van der Waals surface area contributed by atoms with Gasteiger partial charge in [0.1, 0.15) is 17.8 Å². The highest BCUT2D eigenvalue weighted by molar-refractivity contribution is 7.93. The fraction of sp³-hybridized carbons (Fsp3) is 0.324. The van der Waals surface area contributed by atoms with Gasteiger partial charge in [-0.3, -0.25) is 9.69 Å². The van der Waals surface area contributed by atoms with Gasteiger partial charge in [0.15, 0.2) is 5.54 Å². The molecule has 6 rings (SSSR count). The standard InChI is InChI=1S/C34H35N5O6S/c1-21(2)31(36)23-8-13-26(30(19-23)44-4)34(38-16-5-6-29(38)32-37-15-17-45-32)27-18-22(20-35)7-14-28(27)39(33(34)40)46(41,42)25-11-9-24(43-3)10-12-25/h7-15,17-19,21,29,31H,5-6,16,36H2,1-4H3/t29-,31?,34?/m0/s1. The number of hydrogen-bond donors (Lipinski definition) is 1. The van der Waals surface area contributed by atoms with Crippen molar-refractivity contribution >= 4 is 21.6 Å². The zero-order valence-electron chi connectivity index (χ0n) is 26.0. The number of amides is 1. The number of aromatic nitrogens is 1. The van der Waals surface area contributed by atoms with Gasteiger partial charge in [0.25, 0.3) is 15.9 Å². The molecule has 3 heterocycles. The normalized spacial score (nSPS) is 20.5. The number of hydrogen-bond acceptors (Lipinski definition) is 10. The lowest BCUT2D eigenvalue weighted by Crippen LogP contribution is -2.54. The molecular formula is C34H35N5O6S. The van der Waals surface area contributed by atoms with E-state index in [1.165, 1.54) is 56.9 Å². The Morgan fingerprint density at radius 1 is 1.07 bits per heavy atom. The van der Waals surface area contributed by atoms with Crippen LogP contribution in [0, 0.1) is 17.2 Å². The van der Waals surface area contributed by atoms with Crippen LogP contribution in [-0.4, -0.2) is 45.0 Å². The number of likely N-dealkylation sites (tertiary alicyclic amines) is 1. The van der Waals surface area contributed by atoms with E-state index in [0.29, 0.717) is 47.9 Å². The molecule has 0 bridgehead atoms. The van der Waals surface area contributed by atoms with Gasteiger partial charge in [0, 0.05) is 23.7 Å². The molecule has 46 heavy (non-hydrogen) atoms. The number of nitrogens with two attached hydrogens (primary N) is 1. The van der Waals surface area contributed by atoms with Crippen molar-refractivity contribution < 1.29 is 27.1 Å². The third-order valence-corrected chi connectivity index (χ3v) is 10.7. The predicted molar refractivity (Wildman–Crippen MR) is 170 cm³/mol. The van der Waals surface area contributed by atoms with E-state index in [1.807, 2.05) is 24.8 Å². The molecule has 2 aliphatic rings. The third-order valence-electron chi connectivity index (χ3n) is 8.96. The summed E-state index contributed by atoms with van der Waals surface area (Å²) >= 11 is 0. The molecule has 2 aliphatic heterocycles. The highest BCUT2D eigenvalue weighted by Crippen LogP contribution is 2.56. The summed E-state index contributed by atoms with van der Waals surface area (Å²) in [5.41, 5.74) is 6.75. The summed E-state index contributed by atoms with van der Waals surface area (Å²) < 4.78 is 46.8. The molecule has 0 spiro atoms. The Morgan fingerprint density at radius 3 is 2.46 bits per heavy atom. The van der Waals surface area contributed by atoms with Crippen molar-refractivity contribution in [3.8, 4) is 17.6 Å². The lowest BCUT2D eigenvalue weighted by Gasteiger charge is -2.41. The first-order valence-electron chi connectivity index (χ1n) is 15.0. The van der Waals surface area contributed by atoms with Crippen molar-refractivity contribution in [2.24, 2.45) is 11.7 Å². The maximum absolute atomic E-state index is 15.4. The van der Waals surface area contributed by atoms with E-state index >= 15 is 4.79 Å². The van der Waals surface area contributed by atoms with E-state index in [2.05, 4.69) is 11.1 Å². The molecule has 4 aromatic rings. The number of carbonyl (C=O) groups excluding carboxylic acids is 1. The number of sulfonamides is 1. The smallest absolute Gasteiger partial charge is 0.271 e. The lowest BCUT2D eigenvalue weighted by molar-refractivity contribution is -0.127. The summed E-state index contributed by atoms with van der Waals surface area (Å²) in [5, 5.41) is 9.99. The van der Waals surface area contributed by atoms with E-state index in [9.17, 15) is 13.7 Å². The largest absolute Gasteiger partial charge is 0.497 e. The first-order valence-corrected chi connectivity index (χ1v) is 16.4.